The monoisotopic (exact) mass is 362 g/mol. The Morgan fingerprint density at radius 2 is 2.04 bits per heavy atom. The van der Waals surface area contributed by atoms with Gasteiger partial charge in [-0.25, -0.2) is 4.79 Å². The van der Waals surface area contributed by atoms with Crippen LogP contribution in [0.15, 0.2) is 48.8 Å². The molecular weight excluding hydrogens is 340 g/mol. The van der Waals surface area contributed by atoms with E-state index in [2.05, 4.69) is 27.3 Å². The lowest BCUT2D eigenvalue weighted by atomic mass is 9.78. The lowest BCUT2D eigenvalue weighted by Gasteiger charge is -2.50. The number of nitriles is 1. The Morgan fingerprint density at radius 1 is 1.26 bits per heavy atom. The second-order valence-corrected chi connectivity index (χ2v) is 7.19. The zero-order valence-corrected chi connectivity index (χ0v) is 15.0. The maximum Gasteiger partial charge on any atom is 0.411 e. The maximum absolute atomic E-state index is 12.5. The van der Waals surface area contributed by atoms with Gasteiger partial charge in [-0.3, -0.25) is 15.2 Å². The molecule has 0 spiro atoms. The van der Waals surface area contributed by atoms with E-state index in [1.54, 1.807) is 30.5 Å². The van der Waals surface area contributed by atoms with Crippen LogP contribution in [0.25, 0.3) is 0 Å². The summed E-state index contributed by atoms with van der Waals surface area (Å²) in [6.45, 7) is 2.12. The fraction of sp³-hybridized carbons (Fsp3) is 0.381. The molecule has 27 heavy (non-hydrogen) atoms. The van der Waals surface area contributed by atoms with Crippen LogP contribution in [0.4, 0.5) is 10.5 Å². The Bertz CT molecular complexity index is 824. The number of hydrogen-bond donors (Lipinski definition) is 1. The fourth-order valence-electron chi connectivity index (χ4n) is 4.18. The number of carbonyl (C=O) groups excluding carboxylic acids is 1. The number of nitrogens with zero attached hydrogens (tertiary/aromatic N) is 3. The van der Waals surface area contributed by atoms with Crippen molar-refractivity contribution in [2.75, 3.05) is 18.4 Å². The Hall–Kier alpha value is -2.91. The predicted octanol–water partition coefficient (Wildman–Crippen LogP) is 3.21. The number of anilines is 1. The minimum Gasteiger partial charge on any atom is -0.444 e. The topological polar surface area (TPSA) is 78.2 Å². The number of aromatic nitrogens is 1. The van der Waals surface area contributed by atoms with Crippen molar-refractivity contribution in [2.24, 2.45) is 5.92 Å². The molecule has 2 aromatic rings. The predicted molar refractivity (Wildman–Crippen MR) is 101 cm³/mol. The van der Waals surface area contributed by atoms with Gasteiger partial charge < -0.3 is 4.74 Å². The number of carbonyl (C=O) groups is 1. The highest BCUT2D eigenvalue weighted by molar-refractivity contribution is 5.84. The van der Waals surface area contributed by atoms with Gasteiger partial charge in [-0.15, -0.1) is 0 Å². The highest BCUT2D eigenvalue weighted by Gasteiger charge is 2.44. The van der Waals surface area contributed by atoms with Gasteiger partial charge in [0.1, 0.15) is 6.10 Å². The maximum atomic E-state index is 12.5. The van der Waals surface area contributed by atoms with Crippen molar-refractivity contribution in [3.8, 4) is 6.07 Å². The molecule has 1 aromatic carbocycles. The van der Waals surface area contributed by atoms with E-state index in [1.807, 2.05) is 12.3 Å². The largest absolute Gasteiger partial charge is 0.444 e. The Morgan fingerprint density at radius 3 is 2.70 bits per heavy atom. The van der Waals surface area contributed by atoms with E-state index in [1.165, 1.54) is 0 Å². The van der Waals surface area contributed by atoms with Gasteiger partial charge in [-0.05, 0) is 68.2 Å². The molecule has 0 saturated carbocycles. The molecule has 3 aliphatic heterocycles. The standard InChI is InChI=1S/C21H22N4O2/c22-13-15-3-5-18(6-4-15)24-21(26)27-20-17-7-10-25(11-8-17)19(20)12-16-2-1-9-23-14-16/h1-6,9,14,17,19-20H,7-8,10-12H2,(H,24,26). The van der Waals surface area contributed by atoms with Gasteiger partial charge >= 0.3 is 6.09 Å². The molecule has 4 heterocycles. The third kappa shape index (κ3) is 3.93. The average molecular weight is 362 g/mol. The number of hydrogen-bond acceptors (Lipinski definition) is 5. The van der Waals surface area contributed by atoms with Crippen molar-refractivity contribution in [3.63, 3.8) is 0 Å². The molecule has 6 nitrogen and oxygen atoms in total. The molecule has 1 N–H and O–H groups in total. The van der Waals surface area contributed by atoms with E-state index in [9.17, 15) is 4.79 Å². The van der Waals surface area contributed by atoms with Crippen LogP contribution in [0.2, 0.25) is 0 Å². The molecule has 3 aliphatic rings. The number of fused-ring (bicyclic) bond motifs is 3. The molecular formula is C21H22N4O2. The first-order chi connectivity index (χ1) is 13.2. The SMILES string of the molecule is N#Cc1ccc(NC(=O)OC2C3CCN(CC3)C2Cc2cccnc2)cc1. The molecule has 1 amide bonds. The number of pyridine rings is 1. The van der Waals surface area contributed by atoms with Gasteiger partial charge in [0.2, 0.25) is 0 Å². The summed E-state index contributed by atoms with van der Waals surface area (Å²) in [5, 5.41) is 11.6. The van der Waals surface area contributed by atoms with Crippen molar-refractivity contribution in [1.29, 1.82) is 5.26 Å². The third-order valence-corrected chi connectivity index (χ3v) is 5.56. The first kappa shape index (κ1) is 17.5. The average Bonchev–Trinajstić information content (AvgIpc) is 2.72. The molecule has 0 radical (unpaired) electrons. The van der Waals surface area contributed by atoms with Crippen LogP contribution in [-0.2, 0) is 11.2 Å². The summed E-state index contributed by atoms with van der Waals surface area (Å²) in [6, 6.07) is 13.0. The fourth-order valence-corrected chi connectivity index (χ4v) is 4.18. The number of rotatable bonds is 4. The zero-order chi connectivity index (χ0) is 18.6. The van der Waals surface area contributed by atoms with Gasteiger partial charge in [0.25, 0.3) is 0 Å². The van der Waals surface area contributed by atoms with Gasteiger partial charge in [0, 0.05) is 24.0 Å². The molecule has 5 rings (SSSR count). The van der Waals surface area contributed by atoms with Crippen LogP contribution >= 0.6 is 0 Å². The van der Waals surface area contributed by atoms with Crippen molar-refractivity contribution in [2.45, 2.75) is 31.4 Å². The van der Waals surface area contributed by atoms with E-state index < -0.39 is 6.09 Å². The first-order valence-electron chi connectivity index (χ1n) is 9.33. The summed E-state index contributed by atoms with van der Waals surface area (Å²) >= 11 is 0. The minimum absolute atomic E-state index is 0.119. The van der Waals surface area contributed by atoms with Crippen LogP contribution in [-0.4, -0.2) is 41.2 Å². The smallest absolute Gasteiger partial charge is 0.411 e. The molecule has 2 atom stereocenters. The van der Waals surface area contributed by atoms with Crippen molar-refractivity contribution in [3.05, 3.63) is 59.9 Å². The number of benzene rings is 1. The summed E-state index contributed by atoms with van der Waals surface area (Å²) in [4.78, 5) is 19.1. The highest BCUT2D eigenvalue weighted by atomic mass is 16.6. The molecule has 138 valence electrons. The molecule has 6 heteroatoms. The minimum atomic E-state index is -0.436. The molecule has 0 aliphatic carbocycles. The van der Waals surface area contributed by atoms with Crippen LogP contribution in [0.3, 0.4) is 0 Å². The van der Waals surface area contributed by atoms with E-state index in [0.717, 1.165) is 37.9 Å². The zero-order valence-electron chi connectivity index (χ0n) is 15.0. The highest BCUT2D eigenvalue weighted by Crippen LogP contribution is 2.36. The normalized spacial score (nSPS) is 26.2. The Balaban J connectivity index is 1.44. The third-order valence-electron chi connectivity index (χ3n) is 5.56. The van der Waals surface area contributed by atoms with Gasteiger partial charge in [-0.1, -0.05) is 6.07 Å². The number of amides is 1. The molecule has 3 saturated heterocycles. The summed E-state index contributed by atoms with van der Waals surface area (Å²) in [7, 11) is 0. The molecule has 1 aromatic heterocycles. The van der Waals surface area contributed by atoms with E-state index in [0.29, 0.717) is 17.2 Å². The van der Waals surface area contributed by atoms with Crippen molar-refractivity contribution in [1.82, 2.24) is 9.88 Å². The first-order valence-corrected chi connectivity index (χ1v) is 9.33. The van der Waals surface area contributed by atoms with E-state index >= 15 is 0 Å². The van der Waals surface area contributed by atoms with Crippen LogP contribution in [0.1, 0.15) is 24.0 Å². The van der Waals surface area contributed by atoms with Crippen LogP contribution in [0, 0.1) is 17.2 Å². The quantitative estimate of drug-likeness (QED) is 0.904. The number of ether oxygens (including phenoxy) is 1. The van der Waals surface area contributed by atoms with Gasteiger partial charge in [0.15, 0.2) is 0 Å². The second kappa shape index (κ2) is 7.77. The van der Waals surface area contributed by atoms with Crippen molar-refractivity contribution >= 4 is 11.8 Å². The van der Waals surface area contributed by atoms with Crippen molar-refractivity contribution < 1.29 is 9.53 Å². The number of piperidine rings is 3. The van der Waals surface area contributed by atoms with E-state index in [-0.39, 0.29) is 12.1 Å². The summed E-state index contributed by atoms with van der Waals surface area (Å²) in [6.07, 6.45) is 6.07. The molecule has 3 fully saturated rings. The molecule has 2 unspecified atom stereocenters. The van der Waals surface area contributed by atoms with Crippen LogP contribution < -0.4 is 5.32 Å². The van der Waals surface area contributed by atoms with Crippen LogP contribution in [0.5, 0.6) is 0 Å². The summed E-state index contributed by atoms with van der Waals surface area (Å²) in [5.41, 5.74) is 2.35. The lowest BCUT2D eigenvalue weighted by Crippen LogP contribution is -2.60. The Labute approximate surface area is 158 Å². The van der Waals surface area contributed by atoms with E-state index in [4.69, 9.17) is 10.00 Å². The molecule has 2 bridgehead atoms. The van der Waals surface area contributed by atoms with Gasteiger partial charge in [-0.2, -0.15) is 5.26 Å². The summed E-state index contributed by atoms with van der Waals surface area (Å²) < 4.78 is 5.89. The Kier molecular flexibility index (Phi) is 5.03. The lowest BCUT2D eigenvalue weighted by molar-refractivity contribution is -0.0741. The number of nitrogens with one attached hydrogen (secondary N) is 1. The summed E-state index contributed by atoms with van der Waals surface area (Å²) in [5.74, 6) is 0.406. The second-order valence-electron chi connectivity index (χ2n) is 7.19. The van der Waals surface area contributed by atoms with Gasteiger partial charge in [0.05, 0.1) is 17.7 Å².